The van der Waals surface area contributed by atoms with Crippen molar-refractivity contribution in [2.75, 3.05) is 7.05 Å². The van der Waals surface area contributed by atoms with Crippen molar-refractivity contribution in [1.82, 2.24) is 4.31 Å². The number of hydrogen-bond acceptors (Lipinski definition) is 2. The van der Waals surface area contributed by atoms with Crippen LogP contribution in [0.3, 0.4) is 0 Å². The van der Waals surface area contributed by atoms with Crippen molar-refractivity contribution in [2.24, 2.45) is 5.92 Å². The molecule has 0 radical (unpaired) electrons. The molecule has 1 aliphatic carbocycles. The van der Waals surface area contributed by atoms with Crippen LogP contribution in [-0.2, 0) is 10.0 Å². The molecule has 3 nitrogen and oxygen atoms in total. The quantitative estimate of drug-likeness (QED) is 0.856. The van der Waals surface area contributed by atoms with Gasteiger partial charge >= 0.3 is 0 Å². The van der Waals surface area contributed by atoms with E-state index in [1.54, 1.807) is 31.3 Å². The smallest absolute Gasteiger partial charge is 0.207 e. The van der Waals surface area contributed by atoms with Gasteiger partial charge in [-0.15, -0.1) is 0 Å². The van der Waals surface area contributed by atoms with Gasteiger partial charge in [0.1, 0.15) is 0 Å². The van der Waals surface area contributed by atoms with Crippen LogP contribution in [0.1, 0.15) is 19.8 Å². The molecule has 0 aromatic heterocycles. The molecule has 0 N–H and O–H groups in total. The van der Waals surface area contributed by atoms with Gasteiger partial charge in [-0.3, -0.25) is 0 Å². The van der Waals surface area contributed by atoms with Crippen LogP contribution in [0.15, 0.2) is 33.6 Å². The molecule has 1 unspecified atom stereocenters. The van der Waals surface area contributed by atoms with E-state index in [4.69, 9.17) is 0 Å². The van der Waals surface area contributed by atoms with Gasteiger partial charge in [-0.2, -0.15) is 4.31 Å². The van der Waals surface area contributed by atoms with Crippen LogP contribution in [0.25, 0.3) is 0 Å². The summed E-state index contributed by atoms with van der Waals surface area (Å²) in [6, 6.07) is 6.86. The Morgan fingerprint density at radius 1 is 1.29 bits per heavy atom. The average Bonchev–Trinajstić information content (AvgIpc) is 3.11. The molecule has 1 aliphatic rings. The molecule has 0 heterocycles. The van der Waals surface area contributed by atoms with Crippen LogP contribution in [0, 0.1) is 5.92 Å². The molecule has 5 heteroatoms. The second-order valence-electron chi connectivity index (χ2n) is 4.55. The highest BCUT2D eigenvalue weighted by Crippen LogP contribution is 2.36. The van der Waals surface area contributed by atoms with Crippen LogP contribution >= 0.6 is 15.9 Å². The molecule has 1 atom stereocenters. The number of rotatable bonds is 4. The molecule has 0 saturated heterocycles. The van der Waals surface area contributed by atoms with E-state index < -0.39 is 10.0 Å². The molecular formula is C12H16BrNO2S. The summed E-state index contributed by atoms with van der Waals surface area (Å²) in [5.41, 5.74) is 0. The molecule has 0 bridgehead atoms. The molecule has 0 aliphatic heterocycles. The van der Waals surface area contributed by atoms with Crippen LogP contribution in [0.2, 0.25) is 0 Å². The lowest BCUT2D eigenvalue weighted by Crippen LogP contribution is -2.36. The van der Waals surface area contributed by atoms with Gasteiger partial charge in [0.2, 0.25) is 10.0 Å². The highest BCUT2D eigenvalue weighted by atomic mass is 79.9. The fourth-order valence-electron chi connectivity index (χ4n) is 1.87. The molecular weight excluding hydrogens is 302 g/mol. The zero-order valence-electron chi connectivity index (χ0n) is 9.93. The molecule has 0 spiro atoms. The molecule has 1 aromatic rings. The van der Waals surface area contributed by atoms with E-state index in [0.29, 0.717) is 10.8 Å². The van der Waals surface area contributed by atoms with Crippen molar-refractivity contribution in [2.45, 2.75) is 30.7 Å². The first-order valence-corrected chi connectivity index (χ1v) is 7.90. The second-order valence-corrected chi connectivity index (χ2v) is 7.47. The average molecular weight is 318 g/mol. The number of hydrogen-bond donors (Lipinski definition) is 0. The van der Waals surface area contributed by atoms with Crippen molar-refractivity contribution < 1.29 is 8.42 Å². The summed E-state index contributed by atoms with van der Waals surface area (Å²) in [6.07, 6.45) is 2.28. The third-order valence-corrected chi connectivity index (χ3v) is 5.86. The predicted octanol–water partition coefficient (Wildman–Crippen LogP) is 2.87. The molecule has 2 rings (SSSR count). The summed E-state index contributed by atoms with van der Waals surface area (Å²) in [4.78, 5) is 0.357. The van der Waals surface area contributed by atoms with Crippen molar-refractivity contribution in [3.8, 4) is 0 Å². The minimum Gasteiger partial charge on any atom is -0.207 e. The Kier molecular flexibility index (Phi) is 3.61. The van der Waals surface area contributed by atoms with E-state index in [9.17, 15) is 8.42 Å². The molecule has 1 fully saturated rings. The minimum absolute atomic E-state index is 0.0867. The number of sulfonamides is 1. The molecule has 94 valence electrons. The minimum atomic E-state index is -3.35. The third kappa shape index (κ3) is 2.72. The highest BCUT2D eigenvalue weighted by molar-refractivity contribution is 9.10. The highest BCUT2D eigenvalue weighted by Gasteiger charge is 2.35. The Balaban J connectivity index is 2.25. The van der Waals surface area contributed by atoms with Gasteiger partial charge < -0.3 is 0 Å². The van der Waals surface area contributed by atoms with Crippen LogP contribution < -0.4 is 0 Å². The van der Waals surface area contributed by atoms with Crippen molar-refractivity contribution >= 4 is 26.0 Å². The lowest BCUT2D eigenvalue weighted by atomic mass is 10.2. The summed E-state index contributed by atoms with van der Waals surface area (Å²) in [7, 11) is -1.68. The molecule has 1 saturated carbocycles. The summed E-state index contributed by atoms with van der Waals surface area (Å²) in [6.45, 7) is 1.98. The molecule has 17 heavy (non-hydrogen) atoms. The van der Waals surface area contributed by atoms with Gasteiger partial charge in [0.15, 0.2) is 0 Å². The first kappa shape index (κ1) is 13.1. The largest absolute Gasteiger partial charge is 0.243 e. The van der Waals surface area contributed by atoms with Gasteiger partial charge in [-0.25, -0.2) is 8.42 Å². The maximum absolute atomic E-state index is 12.3. The third-order valence-electron chi connectivity index (χ3n) is 3.37. The van der Waals surface area contributed by atoms with Crippen LogP contribution in [0.5, 0.6) is 0 Å². The van der Waals surface area contributed by atoms with E-state index in [1.165, 1.54) is 4.31 Å². The van der Waals surface area contributed by atoms with E-state index >= 15 is 0 Å². The normalized spacial score (nSPS) is 18.4. The van der Waals surface area contributed by atoms with E-state index in [-0.39, 0.29) is 6.04 Å². The second kappa shape index (κ2) is 4.71. The molecule has 0 amide bonds. The van der Waals surface area contributed by atoms with Crippen molar-refractivity contribution in [3.63, 3.8) is 0 Å². The van der Waals surface area contributed by atoms with Gasteiger partial charge in [-0.1, -0.05) is 15.9 Å². The number of halogens is 1. The number of benzene rings is 1. The monoisotopic (exact) mass is 317 g/mol. The fraction of sp³-hybridized carbons (Fsp3) is 0.500. The zero-order valence-corrected chi connectivity index (χ0v) is 12.3. The topological polar surface area (TPSA) is 37.4 Å². The van der Waals surface area contributed by atoms with Gasteiger partial charge in [0.05, 0.1) is 4.90 Å². The SMILES string of the molecule is CC(C1CC1)N(C)S(=O)(=O)c1ccc(Br)cc1. The maximum Gasteiger partial charge on any atom is 0.243 e. The number of nitrogens with zero attached hydrogens (tertiary/aromatic N) is 1. The summed E-state index contributed by atoms with van der Waals surface area (Å²) in [5, 5.41) is 0. The van der Waals surface area contributed by atoms with Gasteiger partial charge in [0.25, 0.3) is 0 Å². The van der Waals surface area contributed by atoms with E-state index in [1.807, 2.05) is 6.92 Å². The van der Waals surface area contributed by atoms with Crippen molar-refractivity contribution in [3.05, 3.63) is 28.7 Å². The Bertz CT molecular complexity index is 494. The lowest BCUT2D eigenvalue weighted by molar-refractivity contribution is 0.357. The summed E-state index contributed by atoms with van der Waals surface area (Å²) in [5.74, 6) is 0.533. The Morgan fingerprint density at radius 2 is 1.82 bits per heavy atom. The van der Waals surface area contributed by atoms with Crippen LogP contribution in [-0.4, -0.2) is 25.8 Å². The standard InChI is InChI=1S/C12H16BrNO2S/c1-9(10-3-4-10)14(2)17(15,16)12-7-5-11(13)6-8-12/h5-10H,3-4H2,1-2H3. The maximum atomic E-state index is 12.3. The predicted molar refractivity (Wildman–Crippen MR) is 71.3 cm³/mol. The van der Waals surface area contributed by atoms with Crippen molar-refractivity contribution in [1.29, 1.82) is 0 Å². The van der Waals surface area contributed by atoms with E-state index in [2.05, 4.69) is 15.9 Å². The van der Waals surface area contributed by atoms with Gasteiger partial charge in [-0.05, 0) is 49.9 Å². The van der Waals surface area contributed by atoms with E-state index in [0.717, 1.165) is 17.3 Å². The fourth-order valence-corrected chi connectivity index (χ4v) is 3.55. The first-order valence-electron chi connectivity index (χ1n) is 5.66. The van der Waals surface area contributed by atoms with Crippen LogP contribution in [0.4, 0.5) is 0 Å². The zero-order chi connectivity index (χ0) is 12.6. The Hall–Kier alpha value is -0.390. The summed E-state index contributed by atoms with van der Waals surface area (Å²) < 4.78 is 27.0. The van der Waals surface area contributed by atoms with Gasteiger partial charge in [0, 0.05) is 17.6 Å². The Labute approximate surface area is 111 Å². The molecule has 1 aromatic carbocycles. The first-order chi connectivity index (χ1) is 7.93. The summed E-state index contributed by atoms with van der Waals surface area (Å²) >= 11 is 3.30. The Morgan fingerprint density at radius 3 is 2.29 bits per heavy atom. The lowest BCUT2D eigenvalue weighted by Gasteiger charge is -2.24.